The van der Waals surface area contributed by atoms with Crippen LogP contribution >= 0.6 is 7.26 Å². The molecule has 0 unspecified atom stereocenters. The molecule has 7 rings (SSSR count). The van der Waals surface area contributed by atoms with Crippen LogP contribution in [0.2, 0.25) is 0 Å². The fraction of sp³-hybridized carbons (Fsp3) is 0.211. The van der Waals surface area contributed by atoms with Crippen molar-refractivity contribution in [3.8, 4) is 0 Å². The Morgan fingerprint density at radius 3 is 1.27 bits per heavy atom. The molecule has 1 saturated heterocycles. The molecule has 5 aromatic carbocycles. The maximum absolute atomic E-state index is 7.02. The first kappa shape index (κ1) is 26.4. The molecule has 0 aromatic heterocycles. The molecule has 0 radical (unpaired) electrons. The van der Waals surface area contributed by atoms with E-state index in [9.17, 15) is 0 Å². The Kier molecular flexibility index (Phi) is 7.31. The van der Waals surface area contributed by atoms with Gasteiger partial charge in [-0.1, -0.05) is 0 Å². The zero-order valence-electron chi connectivity index (χ0n) is 23.3. The number of benzene rings is 5. The van der Waals surface area contributed by atoms with Gasteiger partial charge < -0.3 is 0 Å². The summed E-state index contributed by atoms with van der Waals surface area (Å²) in [5.74, 6) is -0.0659. The van der Waals surface area contributed by atoms with Crippen molar-refractivity contribution in [2.75, 3.05) is 6.16 Å². The van der Waals surface area contributed by atoms with Crippen LogP contribution in [-0.2, 0) is 9.47 Å². The number of ether oxygens (including phenoxy) is 2. The number of rotatable bonds is 7. The van der Waals surface area contributed by atoms with Crippen LogP contribution in [0.1, 0.15) is 42.6 Å². The first-order valence-electron chi connectivity index (χ1n) is 14.9. The average molecular weight is 557 g/mol. The van der Waals surface area contributed by atoms with E-state index in [-0.39, 0.29) is 12.2 Å². The molecule has 1 spiro atoms. The molecule has 3 heteroatoms. The fourth-order valence-electron chi connectivity index (χ4n) is 7.30. The molecule has 1 heterocycles. The maximum atomic E-state index is 7.02. The van der Waals surface area contributed by atoms with Gasteiger partial charge in [0.05, 0.1) is 0 Å². The molecular weight excluding hydrogens is 519 g/mol. The zero-order chi connectivity index (χ0) is 27.5. The van der Waals surface area contributed by atoms with Gasteiger partial charge in [-0.2, -0.15) is 0 Å². The van der Waals surface area contributed by atoms with Crippen LogP contribution in [0.25, 0.3) is 0 Å². The normalized spacial score (nSPS) is 22.1. The molecule has 1 aliphatic carbocycles. The van der Waals surface area contributed by atoms with Gasteiger partial charge in [0.25, 0.3) is 0 Å². The van der Waals surface area contributed by atoms with Crippen LogP contribution in [0.15, 0.2) is 152 Å². The minimum atomic E-state index is -2.33. The number of hydrogen-bond acceptors (Lipinski definition) is 2. The molecule has 0 amide bonds. The molecule has 2 aliphatic rings. The van der Waals surface area contributed by atoms with Crippen molar-refractivity contribution in [2.45, 2.75) is 37.3 Å². The van der Waals surface area contributed by atoms with Gasteiger partial charge in [-0.25, -0.2) is 0 Å². The summed E-state index contributed by atoms with van der Waals surface area (Å²) in [6.45, 7) is 0. The quantitative estimate of drug-likeness (QED) is 0.191. The van der Waals surface area contributed by atoms with E-state index in [2.05, 4.69) is 152 Å². The molecule has 0 bridgehead atoms. The van der Waals surface area contributed by atoms with Crippen molar-refractivity contribution in [1.29, 1.82) is 0 Å². The number of hydrogen-bond donors (Lipinski definition) is 0. The standard InChI is InChI=1S/C38H37O2P/c1-6-16-31(17-7-1)36-37(32-18-8-2-9-19-32)40-38(39-36)27-26-30(28-38)29-41(33-20-10-3-11-21-33,34-22-12-4-13-23-34)35-24-14-5-15-25-35/h1-25,30,36-37,41H,26-29H2/t30-,36+,37+/m0/s1. The van der Waals surface area contributed by atoms with Crippen LogP contribution in [0.3, 0.4) is 0 Å². The van der Waals surface area contributed by atoms with Crippen molar-refractivity contribution in [2.24, 2.45) is 5.92 Å². The van der Waals surface area contributed by atoms with Crippen molar-refractivity contribution >= 4 is 23.2 Å². The molecule has 206 valence electrons. The van der Waals surface area contributed by atoms with Gasteiger partial charge in [0.15, 0.2) is 0 Å². The molecule has 3 atom stereocenters. The summed E-state index contributed by atoms with van der Waals surface area (Å²) in [6, 6.07) is 55.0. The van der Waals surface area contributed by atoms with E-state index in [4.69, 9.17) is 9.47 Å². The van der Waals surface area contributed by atoms with Crippen LogP contribution in [-0.4, -0.2) is 11.9 Å². The Labute approximate surface area is 244 Å². The van der Waals surface area contributed by atoms with E-state index in [0.29, 0.717) is 5.92 Å². The predicted octanol–water partition coefficient (Wildman–Crippen LogP) is 7.74. The molecular formula is C38H37O2P. The van der Waals surface area contributed by atoms with Gasteiger partial charge in [-0.05, 0) is 0 Å². The Morgan fingerprint density at radius 1 is 0.512 bits per heavy atom. The molecule has 2 fully saturated rings. The topological polar surface area (TPSA) is 18.5 Å². The Bertz CT molecular complexity index is 1400. The first-order valence-corrected chi connectivity index (χ1v) is 17.1. The second kappa shape index (κ2) is 11.4. The Balaban J connectivity index is 1.25. The van der Waals surface area contributed by atoms with Gasteiger partial charge in [0.1, 0.15) is 0 Å². The SMILES string of the molecule is c1ccc([C@H]2OC3(CC[C@H](C[PH](c4ccccc4)(c4ccccc4)c4ccccc4)C3)O[C@@H]2c2ccccc2)cc1. The monoisotopic (exact) mass is 556 g/mol. The van der Waals surface area contributed by atoms with E-state index >= 15 is 0 Å². The summed E-state index contributed by atoms with van der Waals surface area (Å²) in [5, 5.41) is 4.41. The molecule has 1 saturated carbocycles. The first-order chi connectivity index (χ1) is 20.3. The summed E-state index contributed by atoms with van der Waals surface area (Å²) in [6.07, 6.45) is 3.85. The Hall–Kier alpha value is -3.55. The Morgan fingerprint density at radius 2 is 0.878 bits per heavy atom. The van der Waals surface area contributed by atoms with Gasteiger partial charge in [0, 0.05) is 0 Å². The van der Waals surface area contributed by atoms with E-state index in [0.717, 1.165) is 25.4 Å². The van der Waals surface area contributed by atoms with Crippen LogP contribution in [0.5, 0.6) is 0 Å². The minimum absolute atomic E-state index is 0.114. The molecule has 1 aliphatic heterocycles. The summed E-state index contributed by atoms with van der Waals surface area (Å²) in [7, 11) is -2.33. The molecule has 5 aromatic rings. The van der Waals surface area contributed by atoms with Gasteiger partial charge in [0.2, 0.25) is 0 Å². The summed E-state index contributed by atoms with van der Waals surface area (Å²) in [4.78, 5) is 0. The zero-order valence-corrected chi connectivity index (χ0v) is 24.3. The predicted molar refractivity (Wildman–Crippen MR) is 172 cm³/mol. The molecule has 0 N–H and O–H groups in total. The van der Waals surface area contributed by atoms with Crippen LogP contribution < -0.4 is 15.9 Å². The summed E-state index contributed by atoms with van der Waals surface area (Å²) < 4.78 is 14.0. The van der Waals surface area contributed by atoms with Gasteiger partial charge in [-0.15, -0.1) is 0 Å². The average Bonchev–Trinajstić information content (AvgIpc) is 3.64. The molecule has 2 nitrogen and oxygen atoms in total. The van der Waals surface area contributed by atoms with Crippen LogP contribution in [0, 0.1) is 5.92 Å². The van der Waals surface area contributed by atoms with Gasteiger partial charge >= 0.3 is 245 Å². The third-order valence-corrected chi connectivity index (χ3v) is 14.3. The fourth-order valence-corrected chi connectivity index (χ4v) is 12.5. The van der Waals surface area contributed by atoms with Crippen LogP contribution in [0.4, 0.5) is 0 Å². The van der Waals surface area contributed by atoms with E-state index in [1.54, 1.807) is 0 Å². The van der Waals surface area contributed by atoms with Crippen molar-refractivity contribution in [1.82, 2.24) is 0 Å². The summed E-state index contributed by atoms with van der Waals surface area (Å²) >= 11 is 0. The second-order valence-electron chi connectivity index (χ2n) is 11.6. The third-order valence-electron chi connectivity index (χ3n) is 9.14. The molecule has 41 heavy (non-hydrogen) atoms. The van der Waals surface area contributed by atoms with Crippen molar-refractivity contribution in [3.63, 3.8) is 0 Å². The van der Waals surface area contributed by atoms with Crippen molar-refractivity contribution in [3.05, 3.63) is 163 Å². The third kappa shape index (κ3) is 5.06. The van der Waals surface area contributed by atoms with E-state index in [1.165, 1.54) is 27.0 Å². The second-order valence-corrected chi connectivity index (χ2v) is 15.6. The van der Waals surface area contributed by atoms with E-state index < -0.39 is 13.0 Å². The van der Waals surface area contributed by atoms with Gasteiger partial charge in [-0.3, -0.25) is 0 Å². The van der Waals surface area contributed by atoms with E-state index in [1.807, 2.05) is 0 Å². The summed E-state index contributed by atoms with van der Waals surface area (Å²) in [5.41, 5.74) is 2.37. The van der Waals surface area contributed by atoms with Crippen molar-refractivity contribution < 1.29 is 9.47 Å².